The largest absolute Gasteiger partial charge is 0.494 e. The number of esters is 2. The zero-order valence-corrected chi connectivity index (χ0v) is 27.2. The summed E-state index contributed by atoms with van der Waals surface area (Å²) in [5.41, 5.74) is 2.79. The van der Waals surface area contributed by atoms with E-state index >= 15 is 0 Å². The highest BCUT2D eigenvalue weighted by atomic mass is 16.6. The van der Waals surface area contributed by atoms with E-state index < -0.39 is 16.8 Å². The van der Waals surface area contributed by atoms with Gasteiger partial charge in [0.2, 0.25) is 11.8 Å². The number of aromatic hydroxyl groups is 2. The average molecular weight is 632 g/mol. The van der Waals surface area contributed by atoms with Crippen molar-refractivity contribution >= 4 is 11.9 Å². The lowest BCUT2D eigenvalue weighted by Crippen LogP contribution is -2.61. The summed E-state index contributed by atoms with van der Waals surface area (Å²) in [5.74, 6) is 0.210. The number of carbonyl (C=O) groups excluding carboxylic acids is 2. The van der Waals surface area contributed by atoms with Gasteiger partial charge in [0.1, 0.15) is 25.4 Å². The Balaban J connectivity index is 1.17. The molecular formula is C37H45NO8. The molecule has 9 rings (SSSR count). The molecule has 46 heavy (non-hydrogen) atoms. The van der Waals surface area contributed by atoms with Crippen molar-refractivity contribution in [1.82, 2.24) is 4.57 Å². The molecule has 0 radical (unpaired) electrons. The number of carbonyl (C=O) groups is 2. The third kappa shape index (κ3) is 4.33. The van der Waals surface area contributed by atoms with Gasteiger partial charge in [0.15, 0.2) is 0 Å². The fraction of sp³-hybridized carbons (Fsp3) is 0.622. The summed E-state index contributed by atoms with van der Waals surface area (Å²) >= 11 is 0. The van der Waals surface area contributed by atoms with E-state index in [9.17, 15) is 19.8 Å². The van der Waals surface area contributed by atoms with Crippen LogP contribution in [0.3, 0.4) is 0 Å². The van der Waals surface area contributed by atoms with Crippen LogP contribution < -0.4 is 0 Å². The summed E-state index contributed by atoms with van der Waals surface area (Å²) in [4.78, 5) is 26.2. The number of hydrogen-bond acceptors (Lipinski definition) is 8. The van der Waals surface area contributed by atoms with Crippen molar-refractivity contribution in [3.05, 3.63) is 52.6 Å². The van der Waals surface area contributed by atoms with Gasteiger partial charge in [-0.25, -0.2) is 4.79 Å². The molecular weight excluding hydrogens is 586 g/mol. The minimum atomic E-state index is -0.571. The molecule has 7 aliphatic rings. The first-order chi connectivity index (χ1) is 22.0. The summed E-state index contributed by atoms with van der Waals surface area (Å²) in [7, 11) is 0. The normalized spacial score (nSPS) is 36.7. The predicted molar refractivity (Wildman–Crippen MR) is 168 cm³/mol. The number of aromatic nitrogens is 1. The van der Waals surface area contributed by atoms with Crippen LogP contribution in [0.25, 0.3) is 5.69 Å². The fourth-order valence-corrected chi connectivity index (χ4v) is 10.3. The maximum absolute atomic E-state index is 13.7. The lowest BCUT2D eigenvalue weighted by Gasteiger charge is -2.66. The van der Waals surface area contributed by atoms with Crippen molar-refractivity contribution in [3.63, 3.8) is 0 Å². The molecule has 2 aromatic rings. The monoisotopic (exact) mass is 631 g/mol. The Bertz CT molecular complexity index is 1620. The number of epoxide rings is 2. The molecule has 5 aliphatic carbocycles. The minimum Gasteiger partial charge on any atom is -0.494 e. The smallest absolute Gasteiger partial charge is 0.338 e. The molecule has 2 bridgehead atoms. The van der Waals surface area contributed by atoms with Crippen LogP contribution in [0.5, 0.6) is 11.8 Å². The van der Waals surface area contributed by atoms with Gasteiger partial charge >= 0.3 is 11.9 Å². The summed E-state index contributed by atoms with van der Waals surface area (Å²) in [6, 6.07) is 6.82. The topological polar surface area (TPSA) is 123 Å². The van der Waals surface area contributed by atoms with Gasteiger partial charge in [-0.05, 0) is 86.5 Å². The fourth-order valence-electron chi connectivity index (χ4n) is 10.3. The van der Waals surface area contributed by atoms with E-state index in [-0.39, 0.29) is 65.6 Å². The Labute approximate surface area is 269 Å². The van der Waals surface area contributed by atoms with Gasteiger partial charge < -0.3 is 29.2 Å². The van der Waals surface area contributed by atoms with E-state index in [1.165, 1.54) is 5.57 Å². The number of fused-ring (bicyclic) bond motifs is 1. The van der Waals surface area contributed by atoms with E-state index in [4.69, 9.17) is 18.9 Å². The lowest BCUT2D eigenvalue weighted by atomic mass is 9.37. The molecule has 9 heteroatoms. The molecule has 1 aromatic heterocycles. The number of hydrogen-bond donors (Lipinski definition) is 2. The average Bonchev–Trinajstić information content (AvgIpc) is 3.98. The summed E-state index contributed by atoms with van der Waals surface area (Å²) in [5, 5.41) is 24.0. The summed E-state index contributed by atoms with van der Waals surface area (Å²) in [6.45, 7) is 10.8. The van der Waals surface area contributed by atoms with E-state index in [1.807, 2.05) is 0 Å². The predicted octanol–water partition coefficient (Wildman–Crippen LogP) is 5.93. The molecule has 1 aromatic carbocycles. The quantitative estimate of drug-likeness (QED) is 0.209. The van der Waals surface area contributed by atoms with Crippen molar-refractivity contribution in [1.29, 1.82) is 0 Å². The number of allylic oxidation sites excluding steroid dienone is 2. The highest BCUT2D eigenvalue weighted by molar-refractivity contribution is 5.89. The number of ether oxygens (including phenoxy) is 4. The van der Waals surface area contributed by atoms with Crippen molar-refractivity contribution < 1.29 is 38.7 Å². The highest BCUT2D eigenvalue weighted by Gasteiger charge is 2.67. The molecule has 3 heterocycles. The van der Waals surface area contributed by atoms with Gasteiger partial charge in [-0.15, -0.1) is 0 Å². The van der Waals surface area contributed by atoms with Gasteiger partial charge in [0.25, 0.3) is 0 Å². The molecule has 8 atom stereocenters. The third-order valence-corrected chi connectivity index (χ3v) is 12.6. The summed E-state index contributed by atoms with van der Waals surface area (Å²) in [6.07, 6.45) is 7.75. The molecule has 2 N–H and O–H groups in total. The Morgan fingerprint density at radius 3 is 2.28 bits per heavy atom. The Kier molecular flexibility index (Phi) is 6.76. The van der Waals surface area contributed by atoms with Gasteiger partial charge in [-0.2, -0.15) is 0 Å². The van der Waals surface area contributed by atoms with Crippen LogP contribution in [0.2, 0.25) is 0 Å². The molecule has 2 aliphatic heterocycles. The summed E-state index contributed by atoms with van der Waals surface area (Å²) < 4.78 is 23.2. The first kappa shape index (κ1) is 30.1. The van der Waals surface area contributed by atoms with Crippen LogP contribution in [0, 0.1) is 28.6 Å². The van der Waals surface area contributed by atoms with Crippen molar-refractivity contribution in [2.75, 3.05) is 26.4 Å². The van der Waals surface area contributed by atoms with Crippen molar-refractivity contribution in [2.24, 2.45) is 28.6 Å². The molecule has 0 amide bonds. The second kappa shape index (κ2) is 10.3. The van der Waals surface area contributed by atoms with Crippen LogP contribution in [0.1, 0.15) is 93.6 Å². The SMILES string of the molecule is CC(C)C1=CC23CCC4C(C)(C(=O)OCC5CO5)CCCC4(C)C2CC1c1c3c(O)n(-c2ccc(C(=O)OCC3CO3)cc2)c1O. The Morgan fingerprint density at radius 1 is 0.957 bits per heavy atom. The van der Waals surface area contributed by atoms with Gasteiger partial charge in [-0.3, -0.25) is 9.36 Å². The van der Waals surface area contributed by atoms with Gasteiger partial charge in [-0.1, -0.05) is 38.8 Å². The first-order valence-corrected chi connectivity index (χ1v) is 17.1. The second-order valence-corrected chi connectivity index (χ2v) is 15.5. The zero-order chi connectivity index (χ0) is 32.2. The highest BCUT2D eigenvalue weighted by Crippen LogP contribution is 2.73. The van der Waals surface area contributed by atoms with E-state index in [1.54, 1.807) is 28.8 Å². The second-order valence-electron chi connectivity index (χ2n) is 15.5. The molecule has 9 nitrogen and oxygen atoms in total. The molecule has 1 spiro atoms. The van der Waals surface area contributed by atoms with Crippen LogP contribution >= 0.6 is 0 Å². The van der Waals surface area contributed by atoms with E-state index in [2.05, 4.69) is 33.8 Å². The van der Waals surface area contributed by atoms with Crippen molar-refractivity contribution in [2.45, 2.75) is 89.8 Å². The molecule has 2 saturated carbocycles. The molecule has 246 valence electrons. The van der Waals surface area contributed by atoms with Crippen molar-refractivity contribution in [3.8, 4) is 17.4 Å². The standard InChI is InChI=1S/C37H45NO8/c1-20(2)26-15-37-13-10-27-35(3,11-5-12-36(27,4)34(42)46-19-24-17-44-24)28(37)14-25(26)29-30(37)32(40)38(31(29)39)22-8-6-21(7-9-22)33(41)45-18-23-16-43-23/h6-9,15,20,23-25,27-28,39-40H,5,10-14,16-19H2,1-4H3. The number of rotatable bonds is 8. The van der Waals surface area contributed by atoms with Gasteiger partial charge in [0.05, 0.1) is 29.9 Å². The molecule has 8 unspecified atom stereocenters. The van der Waals surface area contributed by atoms with E-state index in [0.717, 1.165) is 49.7 Å². The number of benzene rings is 1. The minimum absolute atomic E-state index is 0.0119. The first-order valence-electron chi connectivity index (χ1n) is 17.1. The Hall–Kier alpha value is -3.30. The Morgan fingerprint density at radius 2 is 1.63 bits per heavy atom. The maximum atomic E-state index is 13.7. The molecule has 4 fully saturated rings. The van der Waals surface area contributed by atoms with Crippen LogP contribution in [-0.4, -0.2) is 65.4 Å². The maximum Gasteiger partial charge on any atom is 0.338 e. The zero-order valence-electron chi connectivity index (χ0n) is 27.2. The van der Waals surface area contributed by atoms with Crippen LogP contribution in [0.4, 0.5) is 0 Å². The van der Waals surface area contributed by atoms with E-state index in [0.29, 0.717) is 31.1 Å². The van der Waals surface area contributed by atoms with Crippen LogP contribution in [-0.2, 0) is 29.2 Å². The van der Waals surface area contributed by atoms with Crippen LogP contribution in [0.15, 0.2) is 35.9 Å². The third-order valence-electron chi connectivity index (χ3n) is 12.6. The lowest BCUT2D eigenvalue weighted by molar-refractivity contribution is -0.178. The number of nitrogens with zero attached hydrogens (tertiary/aromatic N) is 1. The molecule has 2 saturated heterocycles. The van der Waals surface area contributed by atoms with Gasteiger partial charge in [0, 0.05) is 22.5 Å².